The summed E-state index contributed by atoms with van der Waals surface area (Å²) in [4.78, 5) is 32.7. The van der Waals surface area contributed by atoms with Gasteiger partial charge in [0.2, 0.25) is 11.8 Å². The van der Waals surface area contributed by atoms with Crippen molar-refractivity contribution in [1.29, 1.82) is 0 Å². The van der Waals surface area contributed by atoms with E-state index >= 15 is 0 Å². The summed E-state index contributed by atoms with van der Waals surface area (Å²) in [5.74, 6) is 0.579. The van der Waals surface area contributed by atoms with Gasteiger partial charge in [0.25, 0.3) is 0 Å². The average Bonchev–Trinajstić information content (AvgIpc) is 2.71. The number of carbonyl (C=O) groups excluding carboxylic acids is 3. The Morgan fingerprint density at radius 1 is 1.43 bits per heavy atom. The second-order valence-corrected chi connectivity index (χ2v) is 3.39. The highest BCUT2D eigenvalue weighted by Gasteiger charge is 2.41. The smallest absolute Gasteiger partial charge is 0.233 e. The number of imide groups is 1. The number of amides is 2. The first-order valence-electron chi connectivity index (χ1n) is 4.41. The monoisotopic (exact) mass is 195 g/mol. The quantitative estimate of drug-likeness (QED) is 0.439. The van der Waals surface area contributed by atoms with Gasteiger partial charge in [-0.3, -0.25) is 14.9 Å². The van der Waals surface area contributed by atoms with Gasteiger partial charge in [-0.15, -0.1) is 0 Å². The van der Waals surface area contributed by atoms with E-state index in [0.717, 1.165) is 0 Å². The van der Waals surface area contributed by atoms with Crippen molar-refractivity contribution in [3.05, 3.63) is 5.57 Å². The molecule has 0 aromatic heterocycles. The third kappa shape index (κ3) is 1.36. The van der Waals surface area contributed by atoms with Crippen LogP contribution in [-0.4, -0.2) is 30.5 Å². The zero-order valence-corrected chi connectivity index (χ0v) is 7.41. The number of rotatable bonds is 1. The predicted octanol–water partition coefficient (Wildman–Crippen LogP) is -0.804. The highest BCUT2D eigenvalue weighted by Crippen LogP contribution is 2.28. The average molecular weight is 195 g/mol. The molecule has 0 aromatic rings. The first kappa shape index (κ1) is 9.12. The SMILES string of the molecule is O=C=C1CCOC1C1CC(=O)NC1=O. The standard InChI is InChI=1S/C9H9NO4/c11-4-5-1-2-14-8(5)6-3-7(12)10-9(6)13/h6,8H,1-3H2,(H,10,12,13). The van der Waals surface area contributed by atoms with E-state index in [4.69, 9.17) is 4.74 Å². The maximum absolute atomic E-state index is 11.3. The van der Waals surface area contributed by atoms with E-state index in [2.05, 4.69) is 5.32 Å². The molecule has 2 heterocycles. The summed E-state index contributed by atoms with van der Waals surface area (Å²) in [5.41, 5.74) is 0.458. The minimum atomic E-state index is -0.543. The van der Waals surface area contributed by atoms with E-state index in [1.807, 2.05) is 0 Å². The lowest BCUT2D eigenvalue weighted by molar-refractivity contribution is -0.127. The lowest BCUT2D eigenvalue weighted by Gasteiger charge is -2.13. The Labute approximate surface area is 80.1 Å². The van der Waals surface area contributed by atoms with Crippen LogP contribution < -0.4 is 5.32 Å². The molecule has 2 rings (SSSR count). The molecule has 2 unspecified atom stereocenters. The Hall–Kier alpha value is -1.45. The van der Waals surface area contributed by atoms with Crippen LogP contribution in [-0.2, 0) is 19.1 Å². The summed E-state index contributed by atoms with van der Waals surface area (Å²) < 4.78 is 5.25. The highest BCUT2D eigenvalue weighted by molar-refractivity contribution is 6.04. The molecule has 2 saturated heterocycles. The fourth-order valence-corrected chi connectivity index (χ4v) is 1.82. The van der Waals surface area contributed by atoms with Gasteiger partial charge in [-0.1, -0.05) is 0 Å². The number of nitrogens with one attached hydrogen (secondary N) is 1. The molecule has 74 valence electrons. The topological polar surface area (TPSA) is 72.5 Å². The molecule has 0 aliphatic carbocycles. The van der Waals surface area contributed by atoms with E-state index < -0.39 is 12.0 Å². The lowest BCUT2D eigenvalue weighted by Crippen LogP contribution is -2.29. The number of ether oxygens (including phenoxy) is 1. The van der Waals surface area contributed by atoms with Gasteiger partial charge >= 0.3 is 0 Å². The minimum Gasteiger partial charge on any atom is -0.372 e. The third-order valence-corrected chi connectivity index (χ3v) is 2.51. The van der Waals surface area contributed by atoms with Gasteiger partial charge in [0.05, 0.1) is 12.5 Å². The summed E-state index contributed by atoms with van der Waals surface area (Å²) >= 11 is 0. The van der Waals surface area contributed by atoms with Crippen molar-refractivity contribution in [2.24, 2.45) is 5.92 Å². The highest BCUT2D eigenvalue weighted by atomic mass is 16.5. The van der Waals surface area contributed by atoms with Gasteiger partial charge < -0.3 is 4.74 Å². The van der Waals surface area contributed by atoms with E-state index in [9.17, 15) is 14.4 Å². The van der Waals surface area contributed by atoms with Gasteiger partial charge in [-0.2, -0.15) is 0 Å². The summed E-state index contributed by atoms with van der Waals surface area (Å²) in [7, 11) is 0. The molecule has 0 spiro atoms. The zero-order valence-electron chi connectivity index (χ0n) is 7.41. The van der Waals surface area contributed by atoms with Gasteiger partial charge in [0.1, 0.15) is 12.0 Å². The zero-order chi connectivity index (χ0) is 10.1. The number of hydrogen-bond donors (Lipinski definition) is 1. The Bertz CT molecular complexity index is 343. The van der Waals surface area contributed by atoms with E-state index in [1.54, 1.807) is 5.94 Å². The van der Waals surface area contributed by atoms with Crippen molar-refractivity contribution in [1.82, 2.24) is 5.32 Å². The molecule has 0 aromatic carbocycles. The van der Waals surface area contributed by atoms with Crippen LogP contribution in [0.4, 0.5) is 0 Å². The molecular formula is C9H9NO4. The van der Waals surface area contributed by atoms with Crippen LogP contribution in [0.25, 0.3) is 0 Å². The van der Waals surface area contributed by atoms with Crippen LogP contribution in [0.2, 0.25) is 0 Å². The molecule has 0 saturated carbocycles. The largest absolute Gasteiger partial charge is 0.372 e. The Morgan fingerprint density at radius 2 is 2.21 bits per heavy atom. The normalized spacial score (nSPS) is 31.9. The molecule has 1 N–H and O–H groups in total. The third-order valence-electron chi connectivity index (χ3n) is 2.51. The van der Waals surface area contributed by atoms with Crippen LogP contribution in [0.3, 0.4) is 0 Å². The first-order chi connectivity index (χ1) is 6.72. The molecule has 0 bridgehead atoms. The molecule has 2 amide bonds. The second-order valence-electron chi connectivity index (χ2n) is 3.39. The van der Waals surface area contributed by atoms with E-state index in [0.29, 0.717) is 18.6 Å². The Kier molecular flexibility index (Phi) is 2.19. The fraction of sp³-hybridized carbons (Fsp3) is 0.556. The van der Waals surface area contributed by atoms with Crippen LogP contribution in [0.15, 0.2) is 5.57 Å². The molecule has 2 atom stereocenters. The van der Waals surface area contributed by atoms with Gasteiger partial charge in [0, 0.05) is 18.4 Å². The van der Waals surface area contributed by atoms with Crippen molar-refractivity contribution in [3.63, 3.8) is 0 Å². The lowest BCUT2D eigenvalue weighted by atomic mass is 9.95. The summed E-state index contributed by atoms with van der Waals surface area (Å²) in [6.45, 7) is 0.424. The van der Waals surface area contributed by atoms with Crippen molar-refractivity contribution in [2.75, 3.05) is 6.61 Å². The maximum Gasteiger partial charge on any atom is 0.233 e. The van der Waals surface area contributed by atoms with E-state index in [1.165, 1.54) is 0 Å². The van der Waals surface area contributed by atoms with Gasteiger partial charge in [-0.25, -0.2) is 4.79 Å². The van der Waals surface area contributed by atoms with Crippen LogP contribution in [0, 0.1) is 5.92 Å². The molecule has 2 aliphatic rings. The molecule has 5 heteroatoms. The maximum atomic E-state index is 11.3. The van der Waals surface area contributed by atoms with Crippen molar-refractivity contribution in [3.8, 4) is 0 Å². The second kappa shape index (κ2) is 3.36. The van der Waals surface area contributed by atoms with Crippen LogP contribution in [0.5, 0.6) is 0 Å². The Morgan fingerprint density at radius 3 is 2.79 bits per heavy atom. The molecule has 14 heavy (non-hydrogen) atoms. The molecular weight excluding hydrogens is 186 g/mol. The molecule has 2 aliphatic heterocycles. The van der Waals surface area contributed by atoms with Crippen molar-refractivity contribution < 1.29 is 19.1 Å². The van der Waals surface area contributed by atoms with Gasteiger partial charge in [-0.05, 0) is 0 Å². The number of hydrogen-bond acceptors (Lipinski definition) is 4. The van der Waals surface area contributed by atoms with Gasteiger partial charge in [0.15, 0.2) is 0 Å². The Balaban J connectivity index is 2.19. The number of carbonyl (C=O) groups is 2. The fourth-order valence-electron chi connectivity index (χ4n) is 1.82. The van der Waals surface area contributed by atoms with Crippen LogP contribution >= 0.6 is 0 Å². The summed E-state index contributed by atoms with van der Waals surface area (Å²) in [6, 6.07) is 0. The molecule has 0 radical (unpaired) electrons. The molecule has 5 nitrogen and oxygen atoms in total. The van der Waals surface area contributed by atoms with Crippen LogP contribution in [0.1, 0.15) is 12.8 Å². The molecule has 2 fully saturated rings. The van der Waals surface area contributed by atoms with E-state index in [-0.39, 0.29) is 18.2 Å². The van der Waals surface area contributed by atoms with Crippen molar-refractivity contribution in [2.45, 2.75) is 18.9 Å². The summed E-state index contributed by atoms with van der Waals surface area (Å²) in [6.07, 6.45) is 0.0693. The predicted molar refractivity (Wildman–Crippen MR) is 44.8 cm³/mol. The minimum absolute atomic E-state index is 0.106. The summed E-state index contributed by atoms with van der Waals surface area (Å²) in [5, 5.41) is 2.19. The first-order valence-corrected chi connectivity index (χ1v) is 4.41. The van der Waals surface area contributed by atoms with Crippen molar-refractivity contribution >= 4 is 17.8 Å².